The second-order valence-electron chi connectivity index (χ2n) is 5.61. The van der Waals surface area contributed by atoms with Crippen molar-refractivity contribution in [2.24, 2.45) is 5.92 Å². The molecule has 2 aromatic heterocycles. The van der Waals surface area contributed by atoms with Crippen LogP contribution in [0.1, 0.15) is 32.3 Å². The highest BCUT2D eigenvalue weighted by atomic mass is 15.3. The average Bonchev–Trinajstić information content (AvgIpc) is 2.90. The minimum absolute atomic E-state index is 0.515. The Kier molecular flexibility index (Phi) is 3.26. The Bertz CT molecular complexity index is 695. The van der Waals surface area contributed by atoms with E-state index in [2.05, 4.69) is 49.1 Å². The molecule has 0 N–H and O–H groups in total. The molecule has 3 rings (SSSR count). The van der Waals surface area contributed by atoms with Crippen molar-refractivity contribution in [1.29, 1.82) is 0 Å². The van der Waals surface area contributed by atoms with Crippen LogP contribution in [0.15, 0.2) is 48.8 Å². The second-order valence-corrected chi connectivity index (χ2v) is 5.61. The molecule has 1 unspecified atom stereocenters. The number of benzene rings is 1. The van der Waals surface area contributed by atoms with Crippen molar-refractivity contribution in [2.75, 3.05) is 0 Å². The summed E-state index contributed by atoms with van der Waals surface area (Å²) >= 11 is 0. The van der Waals surface area contributed by atoms with E-state index in [-0.39, 0.29) is 0 Å². The number of rotatable bonds is 3. The van der Waals surface area contributed by atoms with Crippen molar-refractivity contribution in [3.63, 3.8) is 0 Å². The smallest absolute Gasteiger partial charge is 0.153 e. The van der Waals surface area contributed by atoms with Gasteiger partial charge in [-0.2, -0.15) is 5.10 Å². The lowest BCUT2D eigenvalue weighted by atomic mass is 9.91. The van der Waals surface area contributed by atoms with E-state index in [9.17, 15) is 0 Å². The second kappa shape index (κ2) is 5.08. The van der Waals surface area contributed by atoms with E-state index in [1.165, 1.54) is 5.56 Å². The van der Waals surface area contributed by atoms with Gasteiger partial charge < -0.3 is 0 Å². The van der Waals surface area contributed by atoms with Crippen LogP contribution < -0.4 is 0 Å². The molecule has 0 aliphatic rings. The largest absolute Gasteiger partial charge is 0.237 e. The quantitative estimate of drug-likeness (QED) is 0.711. The Morgan fingerprint density at radius 1 is 1.05 bits per heavy atom. The summed E-state index contributed by atoms with van der Waals surface area (Å²) in [6, 6.07) is 12.4. The van der Waals surface area contributed by atoms with Gasteiger partial charge in [-0.1, -0.05) is 39.0 Å². The summed E-state index contributed by atoms with van der Waals surface area (Å²) in [5.41, 5.74) is 2.31. The van der Waals surface area contributed by atoms with Crippen molar-refractivity contribution in [3.8, 4) is 5.82 Å². The van der Waals surface area contributed by atoms with Crippen LogP contribution in [0.4, 0.5) is 0 Å². The van der Waals surface area contributed by atoms with Gasteiger partial charge in [0.25, 0.3) is 0 Å². The van der Waals surface area contributed by atoms with Gasteiger partial charge in [0.2, 0.25) is 0 Å². The highest BCUT2D eigenvalue weighted by molar-refractivity contribution is 5.78. The molecule has 0 spiro atoms. The normalized spacial score (nSPS) is 13.0. The predicted octanol–water partition coefficient (Wildman–Crippen LogP) is 4.18. The summed E-state index contributed by atoms with van der Waals surface area (Å²) in [6.07, 6.45) is 3.90. The van der Waals surface area contributed by atoms with Crippen LogP contribution in [0.2, 0.25) is 0 Å². The lowest BCUT2D eigenvalue weighted by Gasteiger charge is -2.16. The molecule has 0 fully saturated rings. The first-order chi connectivity index (χ1) is 9.65. The maximum absolute atomic E-state index is 4.58. The van der Waals surface area contributed by atoms with Gasteiger partial charge in [-0.15, -0.1) is 0 Å². The number of nitrogens with zero attached hydrogens (tertiary/aromatic N) is 3. The molecule has 0 bridgehead atoms. The standard InChI is InChI=1S/C17H19N3/c1-12(2)13(3)14-8-9-18-17(10-14)20-11-15-6-4-5-7-16(15)19-20/h4-13H,1-3H3. The van der Waals surface area contributed by atoms with Crippen molar-refractivity contribution >= 4 is 10.9 Å². The minimum Gasteiger partial charge on any atom is -0.237 e. The van der Waals surface area contributed by atoms with Crippen molar-refractivity contribution in [2.45, 2.75) is 26.7 Å². The summed E-state index contributed by atoms with van der Waals surface area (Å²) in [4.78, 5) is 4.45. The minimum atomic E-state index is 0.515. The first-order valence-electron chi connectivity index (χ1n) is 7.06. The van der Waals surface area contributed by atoms with Crippen LogP contribution in [0.3, 0.4) is 0 Å². The van der Waals surface area contributed by atoms with Gasteiger partial charge >= 0.3 is 0 Å². The topological polar surface area (TPSA) is 30.7 Å². The van der Waals surface area contributed by atoms with Crippen LogP contribution in [-0.4, -0.2) is 14.8 Å². The summed E-state index contributed by atoms with van der Waals surface area (Å²) in [6.45, 7) is 6.74. The molecule has 2 heterocycles. The van der Waals surface area contributed by atoms with Crippen molar-refractivity contribution < 1.29 is 0 Å². The molecule has 3 aromatic rings. The Morgan fingerprint density at radius 3 is 2.60 bits per heavy atom. The van der Waals surface area contributed by atoms with E-state index in [1.807, 2.05) is 35.3 Å². The number of pyridine rings is 1. The molecule has 20 heavy (non-hydrogen) atoms. The Labute approximate surface area is 119 Å². The van der Waals surface area contributed by atoms with Gasteiger partial charge in [-0.05, 0) is 35.6 Å². The van der Waals surface area contributed by atoms with E-state index in [0.717, 1.165) is 16.7 Å². The molecular formula is C17H19N3. The zero-order chi connectivity index (χ0) is 14.1. The fraction of sp³-hybridized carbons (Fsp3) is 0.294. The van der Waals surface area contributed by atoms with Gasteiger partial charge in [-0.3, -0.25) is 0 Å². The monoisotopic (exact) mass is 265 g/mol. The molecule has 1 atom stereocenters. The molecule has 0 radical (unpaired) electrons. The zero-order valence-electron chi connectivity index (χ0n) is 12.1. The molecule has 0 amide bonds. The molecular weight excluding hydrogens is 246 g/mol. The van der Waals surface area contributed by atoms with Crippen LogP contribution in [-0.2, 0) is 0 Å². The lowest BCUT2D eigenvalue weighted by molar-refractivity contribution is 0.534. The van der Waals surface area contributed by atoms with Crippen LogP contribution >= 0.6 is 0 Å². The molecule has 0 aliphatic carbocycles. The fourth-order valence-corrected chi connectivity index (χ4v) is 2.31. The third-order valence-corrected chi connectivity index (χ3v) is 3.94. The Hall–Kier alpha value is -2.16. The van der Waals surface area contributed by atoms with Crippen molar-refractivity contribution in [3.05, 3.63) is 54.4 Å². The van der Waals surface area contributed by atoms with Gasteiger partial charge in [0.15, 0.2) is 5.82 Å². The Morgan fingerprint density at radius 2 is 1.85 bits per heavy atom. The van der Waals surface area contributed by atoms with E-state index in [1.54, 1.807) is 0 Å². The first-order valence-corrected chi connectivity index (χ1v) is 7.06. The predicted molar refractivity (Wildman–Crippen MR) is 82.1 cm³/mol. The van der Waals surface area contributed by atoms with Gasteiger partial charge in [0.05, 0.1) is 5.52 Å². The molecule has 0 saturated carbocycles. The van der Waals surface area contributed by atoms with Crippen LogP contribution in [0.5, 0.6) is 0 Å². The molecule has 0 saturated heterocycles. The number of fused-ring (bicyclic) bond motifs is 1. The van der Waals surface area contributed by atoms with Gasteiger partial charge in [-0.25, -0.2) is 9.67 Å². The zero-order valence-corrected chi connectivity index (χ0v) is 12.1. The average molecular weight is 265 g/mol. The van der Waals surface area contributed by atoms with Gasteiger partial charge in [0.1, 0.15) is 0 Å². The van der Waals surface area contributed by atoms with Gasteiger partial charge in [0, 0.05) is 17.8 Å². The van der Waals surface area contributed by atoms with Crippen LogP contribution in [0.25, 0.3) is 16.7 Å². The maximum Gasteiger partial charge on any atom is 0.153 e. The molecule has 102 valence electrons. The summed E-state index contributed by atoms with van der Waals surface area (Å²) in [5.74, 6) is 2.01. The number of hydrogen-bond acceptors (Lipinski definition) is 2. The van der Waals surface area contributed by atoms with E-state index >= 15 is 0 Å². The third kappa shape index (κ3) is 2.31. The molecule has 1 aromatic carbocycles. The number of hydrogen-bond donors (Lipinski definition) is 0. The lowest BCUT2D eigenvalue weighted by Crippen LogP contribution is -2.05. The summed E-state index contributed by atoms with van der Waals surface area (Å²) in [7, 11) is 0. The highest BCUT2D eigenvalue weighted by Crippen LogP contribution is 2.24. The Balaban J connectivity index is 2.03. The van der Waals surface area contributed by atoms with Crippen molar-refractivity contribution in [1.82, 2.24) is 14.8 Å². The SMILES string of the molecule is CC(C)C(C)c1ccnc(-n2cc3ccccc3n2)c1. The summed E-state index contributed by atoms with van der Waals surface area (Å²) in [5, 5.41) is 5.72. The third-order valence-electron chi connectivity index (χ3n) is 3.94. The first kappa shape index (κ1) is 12.9. The summed E-state index contributed by atoms with van der Waals surface area (Å²) < 4.78 is 1.86. The fourth-order valence-electron chi connectivity index (χ4n) is 2.31. The van der Waals surface area contributed by atoms with Crippen LogP contribution in [0, 0.1) is 5.92 Å². The highest BCUT2D eigenvalue weighted by Gasteiger charge is 2.11. The number of aromatic nitrogens is 3. The maximum atomic E-state index is 4.58. The van der Waals surface area contributed by atoms with E-state index in [4.69, 9.17) is 0 Å². The van der Waals surface area contributed by atoms with E-state index in [0.29, 0.717) is 11.8 Å². The molecule has 3 nitrogen and oxygen atoms in total. The molecule has 0 aliphatic heterocycles. The molecule has 3 heteroatoms. The van der Waals surface area contributed by atoms with E-state index < -0.39 is 0 Å².